The highest BCUT2D eigenvalue weighted by atomic mass is 19.1. The molecule has 0 saturated carbocycles. The fourth-order valence-corrected chi connectivity index (χ4v) is 5.28. The Balaban J connectivity index is 1.54. The summed E-state index contributed by atoms with van der Waals surface area (Å²) < 4.78 is 24.0. The van der Waals surface area contributed by atoms with E-state index < -0.39 is 6.04 Å². The lowest BCUT2D eigenvalue weighted by atomic mass is 10.0. The average Bonchev–Trinajstić information content (AvgIpc) is 3.49. The Labute approximate surface area is 226 Å². The molecular formula is C31H28FN5O2. The minimum absolute atomic E-state index is 0.261. The first-order valence-electron chi connectivity index (χ1n) is 12.7. The smallest absolute Gasteiger partial charge is 0.323 e. The molecule has 2 aromatic heterocycles. The second kappa shape index (κ2) is 9.79. The minimum atomic E-state index is -0.567. The highest BCUT2D eigenvalue weighted by molar-refractivity contribution is 5.92. The zero-order valence-electron chi connectivity index (χ0n) is 21.9. The predicted octanol–water partition coefficient (Wildman–Crippen LogP) is 6.56. The Hall–Kier alpha value is -4.85. The molecule has 0 fully saturated rings. The number of ether oxygens (including phenoxy) is 1. The van der Waals surface area contributed by atoms with Gasteiger partial charge in [0.1, 0.15) is 17.4 Å². The zero-order chi connectivity index (χ0) is 27.1. The van der Waals surface area contributed by atoms with Crippen molar-refractivity contribution in [2.24, 2.45) is 0 Å². The van der Waals surface area contributed by atoms with Gasteiger partial charge in [-0.1, -0.05) is 36.4 Å². The molecule has 1 aliphatic heterocycles. The van der Waals surface area contributed by atoms with Gasteiger partial charge < -0.3 is 19.5 Å². The van der Waals surface area contributed by atoms with Crippen molar-refractivity contribution in [3.8, 4) is 17.3 Å². The molecule has 196 valence electrons. The van der Waals surface area contributed by atoms with Gasteiger partial charge in [-0.2, -0.15) is 5.10 Å². The van der Waals surface area contributed by atoms with Crippen LogP contribution in [0.2, 0.25) is 0 Å². The monoisotopic (exact) mass is 521 g/mol. The number of nitrogens with one attached hydrogen (secondary N) is 1. The number of urea groups is 1. The molecule has 3 aromatic carbocycles. The van der Waals surface area contributed by atoms with Crippen LogP contribution in [-0.2, 0) is 6.54 Å². The van der Waals surface area contributed by atoms with Crippen molar-refractivity contribution in [2.45, 2.75) is 26.4 Å². The molecule has 6 rings (SSSR count). The van der Waals surface area contributed by atoms with Gasteiger partial charge in [-0.05, 0) is 73.5 Å². The van der Waals surface area contributed by atoms with E-state index in [1.807, 2.05) is 91.5 Å². The van der Waals surface area contributed by atoms with E-state index in [4.69, 9.17) is 9.84 Å². The van der Waals surface area contributed by atoms with Crippen LogP contribution in [-0.4, -0.2) is 32.4 Å². The highest BCUT2D eigenvalue weighted by Crippen LogP contribution is 2.39. The molecule has 3 heterocycles. The number of hydrogen-bond acceptors (Lipinski definition) is 3. The molecular weight excluding hydrogens is 493 g/mol. The lowest BCUT2D eigenvalue weighted by molar-refractivity contribution is 0.194. The van der Waals surface area contributed by atoms with Crippen LogP contribution in [0, 0.1) is 19.7 Å². The van der Waals surface area contributed by atoms with Gasteiger partial charge >= 0.3 is 6.03 Å². The summed E-state index contributed by atoms with van der Waals surface area (Å²) in [7, 11) is 1.57. The van der Waals surface area contributed by atoms with Gasteiger partial charge in [0.25, 0.3) is 0 Å². The number of rotatable bonds is 4. The van der Waals surface area contributed by atoms with Crippen molar-refractivity contribution in [2.75, 3.05) is 12.4 Å². The average molecular weight is 522 g/mol. The molecule has 0 saturated heterocycles. The molecule has 0 unspecified atom stereocenters. The molecule has 1 N–H and O–H groups in total. The van der Waals surface area contributed by atoms with E-state index in [9.17, 15) is 9.18 Å². The Bertz CT molecular complexity index is 1670. The number of carbonyl (C=O) groups excluding carboxylic acids is 1. The van der Waals surface area contributed by atoms with Gasteiger partial charge in [0.15, 0.2) is 0 Å². The van der Waals surface area contributed by atoms with Crippen LogP contribution in [0.1, 0.15) is 34.1 Å². The third-order valence-corrected chi connectivity index (χ3v) is 7.11. The normalized spacial score (nSPS) is 14.4. The molecule has 0 radical (unpaired) electrons. The van der Waals surface area contributed by atoms with Crippen LogP contribution in [0.5, 0.6) is 5.75 Å². The number of para-hydroxylation sites is 1. The summed E-state index contributed by atoms with van der Waals surface area (Å²) in [6, 6.07) is 25.0. The third kappa shape index (κ3) is 4.33. The molecule has 1 aliphatic rings. The fraction of sp³-hybridized carbons (Fsp3) is 0.161. The van der Waals surface area contributed by atoms with Gasteiger partial charge in [0.05, 0.1) is 42.5 Å². The lowest BCUT2D eigenvalue weighted by Crippen LogP contribution is -2.38. The van der Waals surface area contributed by atoms with Crippen molar-refractivity contribution < 1.29 is 13.9 Å². The second-order valence-electron chi connectivity index (χ2n) is 9.66. The number of carbonyl (C=O) groups is 1. The number of hydrogen-bond donors (Lipinski definition) is 1. The molecule has 7 nitrogen and oxygen atoms in total. The Morgan fingerprint density at radius 1 is 1.00 bits per heavy atom. The number of methoxy groups -OCH3 is 1. The molecule has 0 bridgehead atoms. The largest absolute Gasteiger partial charge is 0.495 e. The predicted molar refractivity (Wildman–Crippen MR) is 148 cm³/mol. The van der Waals surface area contributed by atoms with E-state index in [-0.39, 0.29) is 18.4 Å². The molecule has 5 aromatic rings. The van der Waals surface area contributed by atoms with Crippen molar-refractivity contribution >= 4 is 11.7 Å². The number of halogens is 1. The van der Waals surface area contributed by atoms with Gasteiger partial charge in [-0.3, -0.25) is 0 Å². The molecule has 0 aliphatic carbocycles. The van der Waals surface area contributed by atoms with E-state index in [0.717, 1.165) is 34.0 Å². The van der Waals surface area contributed by atoms with Crippen LogP contribution in [0.25, 0.3) is 11.5 Å². The summed E-state index contributed by atoms with van der Waals surface area (Å²) in [4.78, 5) is 15.9. The maximum Gasteiger partial charge on any atom is 0.323 e. The van der Waals surface area contributed by atoms with E-state index >= 15 is 0 Å². The maximum atomic E-state index is 14.5. The second-order valence-corrected chi connectivity index (χ2v) is 9.66. The van der Waals surface area contributed by atoms with Crippen LogP contribution >= 0.6 is 0 Å². The fourth-order valence-electron chi connectivity index (χ4n) is 5.28. The molecule has 39 heavy (non-hydrogen) atoms. The van der Waals surface area contributed by atoms with Crippen LogP contribution in [0.15, 0.2) is 91.1 Å². The number of nitrogens with zero attached hydrogens (tertiary/aromatic N) is 4. The molecule has 8 heteroatoms. The molecule has 2 amide bonds. The Morgan fingerprint density at radius 3 is 2.59 bits per heavy atom. The van der Waals surface area contributed by atoms with Crippen LogP contribution < -0.4 is 10.1 Å². The van der Waals surface area contributed by atoms with Gasteiger partial charge in [-0.15, -0.1) is 0 Å². The number of aromatic nitrogens is 3. The van der Waals surface area contributed by atoms with Crippen molar-refractivity contribution in [3.63, 3.8) is 0 Å². The van der Waals surface area contributed by atoms with E-state index in [0.29, 0.717) is 17.0 Å². The topological polar surface area (TPSA) is 64.3 Å². The maximum absolute atomic E-state index is 14.5. The van der Waals surface area contributed by atoms with E-state index in [2.05, 4.69) is 9.88 Å². The summed E-state index contributed by atoms with van der Waals surface area (Å²) in [6.07, 6.45) is 1.96. The van der Waals surface area contributed by atoms with Gasteiger partial charge in [0.2, 0.25) is 0 Å². The zero-order valence-corrected chi connectivity index (χ0v) is 21.9. The van der Waals surface area contributed by atoms with E-state index in [1.165, 1.54) is 12.1 Å². The summed E-state index contributed by atoms with van der Waals surface area (Å²) in [6.45, 7) is 4.16. The number of anilines is 1. The van der Waals surface area contributed by atoms with E-state index in [1.54, 1.807) is 18.1 Å². The highest BCUT2D eigenvalue weighted by Gasteiger charge is 2.36. The number of aryl methyl sites for hydroxylation is 2. The van der Waals surface area contributed by atoms with Crippen molar-refractivity contribution in [1.82, 2.24) is 19.2 Å². The standard InChI is InChI=1S/C31H28FN5O2/c1-20-14-15-28(39-3)26(17-20)33-31(38)36-19-25-21(2)34-37(24-11-5-4-6-12-24)30(25)35-16-8-13-27(35)29(36)22-9-7-10-23(32)18-22/h4-18,29H,19H2,1-3H3,(H,33,38)/t29-/m1/s1. The quantitative estimate of drug-likeness (QED) is 0.291. The summed E-state index contributed by atoms with van der Waals surface area (Å²) in [5, 5.41) is 7.93. The number of benzene rings is 3. The molecule has 1 atom stereocenters. The number of fused-ring (bicyclic) bond motifs is 3. The first-order valence-corrected chi connectivity index (χ1v) is 12.7. The van der Waals surface area contributed by atoms with Gasteiger partial charge in [-0.25, -0.2) is 13.9 Å². The summed E-state index contributed by atoms with van der Waals surface area (Å²) in [5.41, 5.74) is 5.66. The first kappa shape index (κ1) is 24.5. The van der Waals surface area contributed by atoms with Crippen molar-refractivity contribution in [3.05, 3.63) is 125 Å². The SMILES string of the molecule is COc1ccc(C)cc1NC(=O)N1Cc2c(C)nn(-c3ccccc3)c2-n2cccc2[C@H]1c1cccc(F)c1. The summed E-state index contributed by atoms with van der Waals surface area (Å²) in [5.74, 6) is 1.05. The third-order valence-electron chi connectivity index (χ3n) is 7.11. The molecule has 0 spiro atoms. The Morgan fingerprint density at radius 2 is 1.82 bits per heavy atom. The van der Waals surface area contributed by atoms with Gasteiger partial charge in [0, 0.05) is 11.8 Å². The minimum Gasteiger partial charge on any atom is -0.495 e. The van der Waals surface area contributed by atoms with Crippen LogP contribution in [0.3, 0.4) is 0 Å². The lowest BCUT2D eigenvalue weighted by Gasteiger charge is -2.31. The summed E-state index contributed by atoms with van der Waals surface area (Å²) >= 11 is 0. The van der Waals surface area contributed by atoms with Crippen LogP contribution in [0.4, 0.5) is 14.9 Å². The van der Waals surface area contributed by atoms with Crippen molar-refractivity contribution in [1.29, 1.82) is 0 Å². The first-order chi connectivity index (χ1) is 18.9. The number of amides is 2. The Kier molecular flexibility index (Phi) is 6.15.